The predicted octanol–water partition coefficient (Wildman–Crippen LogP) is 0.734. The number of rotatable bonds is 2. The quantitative estimate of drug-likeness (QED) is 0.874. The van der Waals surface area contributed by atoms with E-state index in [1.807, 2.05) is 0 Å². The van der Waals surface area contributed by atoms with Gasteiger partial charge in [-0.15, -0.1) is 0 Å². The first-order valence-corrected chi connectivity index (χ1v) is 5.86. The van der Waals surface area contributed by atoms with Gasteiger partial charge >= 0.3 is 5.69 Å². The lowest BCUT2D eigenvalue weighted by molar-refractivity contribution is 0.170. The van der Waals surface area contributed by atoms with Crippen molar-refractivity contribution in [2.24, 2.45) is 7.05 Å². The highest BCUT2D eigenvalue weighted by molar-refractivity contribution is 6.31. The molecule has 0 aliphatic heterocycles. The molecule has 2 rings (SSSR count). The number of hydrogen-bond donors (Lipinski definition) is 1. The van der Waals surface area contributed by atoms with Crippen molar-refractivity contribution in [2.75, 3.05) is 0 Å². The molecule has 6 heteroatoms. The van der Waals surface area contributed by atoms with Crippen LogP contribution < -0.4 is 11.2 Å². The summed E-state index contributed by atoms with van der Waals surface area (Å²) in [6, 6.07) is 4.76. The molecule has 0 amide bonds. The number of nitrogens with zero attached hydrogens (tertiary/aromatic N) is 2. The fourth-order valence-electron chi connectivity index (χ4n) is 1.90. The van der Waals surface area contributed by atoms with Crippen LogP contribution in [0.15, 0.2) is 27.8 Å². The van der Waals surface area contributed by atoms with Gasteiger partial charge in [0, 0.05) is 12.1 Å². The third-order valence-corrected chi connectivity index (χ3v) is 3.00. The zero-order valence-electron chi connectivity index (χ0n) is 10.1. The van der Waals surface area contributed by atoms with Gasteiger partial charge in [-0.25, -0.2) is 4.79 Å². The van der Waals surface area contributed by atoms with Crippen molar-refractivity contribution in [1.29, 1.82) is 0 Å². The van der Waals surface area contributed by atoms with Gasteiger partial charge < -0.3 is 5.11 Å². The lowest BCUT2D eigenvalue weighted by atomic mass is 10.2. The van der Waals surface area contributed by atoms with Crippen LogP contribution in [0.2, 0.25) is 5.02 Å². The van der Waals surface area contributed by atoms with Crippen LogP contribution in [0.4, 0.5) is 0 Å². The van der Waals surface area contributed by atoms with E-state index in [2.05, 4.69) is 0 Å². The summed E-state index contributed by atoms with van der Waals surface area (Å²) < 4.78 is 2.38. The first kappa shape index (κ1) is 12.9. The minimum Gasteiger partial charge on any atom is -0.392 e. The average Bonchev–Trinajstić information content (AvgIpc) is 2.31. The van der Waals surface area contributed by atoms with E-state index in [0.29, 0.717) is 15.9 Å². The van der Waals surface area contributed by atoms with Crippen molar-refractivity contribution < 1.29 is 5.11 Å². The van der Waals surface area contributed by atoms with Crippen LogP contribution in [0.5, 0.6) is 0 Å². The molecule has 0 fully saturated rings. The van der Waals surface area contributed by atoms with E-state index in [1.54, 1.807) is 25.2 Å². The summed E-state index contributed by atoms with van der Waals surface area (Å²) in [5.74, 6) is 0. The van der Waals surface area contributed by atoms with Gasteiger partial charge in [0.05, 0.1) is 23.6 Å². The first-order valence-electron chi connectivity index (χ1n) is 5.49. The Morgan fingerprint density at radius 2 is 2.06 bits per heavy atom. The minimum absolute atomic E-state index is 0.0237. The van der Waals surface area contributed by atoms with Crippen molar-refractivity contribution in [3.63, 3.8) is 0 Å². The van der Waals surface area contributed by atoms with E-state index in [-0.39, 0.29) is 6.54 Å². The zero-order valence-corrected chi connectivity index (χ0v) is 10.8. The second-order valence-electron chi connectivity index (χ2n) is 4.27. The zero-order chi connectivity index (χ0) is 13.4. The molecule has 1 aromatic heterocycles. The fraction of sp³-hybridized carbons (Fsp3) is 0.333. The van der Waals surface area contributed by atoms with Crippen molar-refractivity contribution in [3.8, 4) is 0 Å². The van der Waals surface area contributed by atoms with E-state index in [9.17, 15) is 14.7 Å². The molecule has 96 valence electrons. The summed E-state index contributed by atoms with van der Waals surface area (Å²) in [6.45, 7) is 1.50. The Labute approximate surface area is 108 Å². The first-order chi connectivity index (χ1) is 8.41. The van der Waals surface area contributed by atoms with Gasteiger partial charge in [-0.3, -0.25) is 13.9 Å². The Kier molecular flexibility index (Phi) is 3.28. The number of aryl methyl sites for hydroxylation is 1. The average molecular weight is 269 g/mol. The van der Waals surface area contributed by atoms with Gasteiger partial charge in [-0.1, -0.05) is 11.6 Å². The molecule has 5 nitrogen and oxygen atoms in total. The number of hydrogen-bond acceptors (Lipinski definition) is 3. The third-order valence-electron chi connectivity index (χ3n) is 2.76. The molecular formula is C12H13ClN2O3. The highest BCUT2D eigenvalue weighted by atomic mass is 35.5. The molecule has 1 aromatic carbocycles. The number of aliphatic hydroxyl groups is 1. The van der Waals surface area contributed by atoms with Crippen LogP contribution in [-0.2, 0) is 13.6 Å². The van der Waals surface area contributed by atoms with Crippen LogP contribution in [0.25, 0.3) is 10.9 Å². The Morgan fingerprint density at radius 1 is 1.39 bits per heavy atom. The molecule has 1 N–H and O–H groups in total. The molecule has 0 aliphatic rings. The SMILES string of the molecule is CC(O)Cn1c(=O)c2ccc(Cl)cc2n(C)c1=O. The highest BCUT2D eigenvalue weighted by Crippen LogP contribution is 2.14. The standard InChI is InChI=1S/C12H13ClN2O3/c1-7(16)6-15-11(17)9-4-3-8(13)5-10(9)14(2)12(15)18/h3-5,7,16H,6H2,1-2H3. The molecule has 0 saturated carbocycles. The van der Waals surface area contributed by atoms with Gasteiger partial charge in [0.2, 0.25) is 0 Å². The van der Waals surface area contributed by atoms with Crippen molar-refractivity contribution in [1.82, 2.24) is 9.13 Å². The molecule has 1 atom stereocenters. The topological polar surface area (TPSA) is 64.2 Å². The summed E-state index contributed by atoms with van der Waals surface area (Å²) >= 11 is 5.86. The summed E-state index contributed by atoms with van der Waals surface area (Å²) in [5.41, 5.74) is -0.388. The summed E-state index contributed by atoms with van der Waals surface area (Å²) in [6.07, 6.45) is -0.764. The van der Waals surface area contributed by atoms with Gasteiger partial charge in [0.25, 0.3) is 5.56 Å². The normalized spacial score (nSPS) is 12.9. The fourth-order valence-corrected chi connectivity index (χ4v) is 2.07. The van der Waals surface area contributed by atoms with Gasteiger partial charge in [0.1, 0.15) is 0 Å². The van der Waals surface area contributed by atoms with Crippen LogP contribution in [0, 0.1) is 0 Å². The van der Waals surface area contributed by atoms with E-state index in [4.69, 9.17) is 11.6 Å². The maximum absolute atomic E-state index is 12.1. The molecule has 2 aromatic rings. The summed E-state index contributed by atoms with van der Waals surface area (Å²) in [5, 5.41) is 10.2. The molecule has 0 radical (unpaired) electrons. The molecule has 18 heavy (non-hydrogen) atoms. The van der Waals surface area contributed by atoms with Crippen LogP contribution >= 0.6 is 11.6 Å². The molecule has 0 bridgehead atoms. The largest absolute Gasteiger partial charge is 0.392 e. The lowest BCUT2D eigenvalue weighted by Crippen LogP contribution is -2.41. The molecule has 1 heterocycles. The smallest absolute Gasteiger partial charge is 0.331 e. The maximum atomic E-state index is 12.1. The van der Waals surface area contributed by atoms with Crippen molar-refractivity contribution >= 4 is 22.5 Å². The third kappa shape index (κ3) is 2.07. The van der Waals surface area contributed by atoms with Gasteiger partial charge in [-0.2, -0.15) is 0 Å². The van der Waals surface area contributed by atoms with Crippen LogP contribution in [-0.4, -0.2) is 20.3 Å². The van der Waals surface area contributed by atoms with Gasteiger partial charge in [0.15, 0.2) is 0 Å². The summed E-state index contributed by atoms with van der Waals surface area (Å²) in [4.78, 5) is 24.2. The van der Waals surface area contributed by atoms with Crippen molar-refractivity contribution in [2.45, 2.75) is 19.6 Å². The monoisotopic (exact) mass is 268 g/mol. The molecule has 0 saturated heterocycles. The number of fused-ring (bicyclic) bond motifs is 1. The maximum Gasteiger partial charge on any atom is 0.331 e. The number of aliphatic hydroxyl groups excluding tert-OH is 1. The van der Waals surface area contributed by atoms with Crippen LogP contribution in [0.1, 0.15) is 6.92 Å². The minimum atomic E-state index is -0.764. The van der Waals surface area contributed by atoms with Crippen molar-refractivity contribution in [3.05, 3.63) is 44.1 Å². The Hall–Kier alpha value is -1.59. The Morgan fingerprint density at radius 3 is 2.67 bits per heavy atom. The lowest BCUT2D eigenvalue weighted by Gasteiger charge is -2.12. The number of halogens is 1. The van der Waals surface area contributed by atoms with E-state index in [0.717, 1.165) is 4.57 Å². The second-order valence-corrected chi connectivity index (χ2v) is 4.70. The second kappa shape index (κ2) is 4.59. The predicted molar refractivity (Wildman–Crippen MR) is 70.1 cm³/mol. The van der Waals surface area contributed by atoms with Gasteiger partial charge in [-0.05, 0) is 25.1 Å². The Bertz CT molecular complexity index is 716. The molecule has 0 spiro atoms. The molecule has 0 aliphatic carbocycles. The Balaban J connectivity index is 2.88. The van der Waals surface area contributed by atoms with E-state index in [1.165, 1.54) is 11.5 Å². The van der Waals surface area contributed by atoms with E-state index >= 15 is 0 Å². The molecule has 1 unspecified atom stereocenters. The number of aromatic nitrogens is 2. The highest BCUT2D eigenvalue weighted by Gasteiger charge is 2.12. The van der Waals surface area contributed by atoms with Crippen LogP contribution in [0.3, 0.4) is 0 Å². The molecular weight excluding hydrogens is 256 g/mol. The number of benzene rings is 1. The summed E-state index contributed by atoms with van der Waals surface area (Å²) in [7, 11) is 1.57. The van der Waals surface area contributed by atoms with E-state index < -0.39 is 17.4 Å².